The molecule has 2 bridgehead atoms. The largest absolute Gasteiger partial charge is 1.00 e. The molecule has 0 saturated carbocycles. The van der Waals surface area contributed by atoms with Crippen LogP contribution in [0.1, 0.15) is 76.2 Å². The van der Waals surface area contributed by atoms with E-state index >= 15 is 0 Å². The van der Waals surface area contributed by atoms with Crippen LogP contribution in [0.25, 0.3) is 0 Å². The SMILES string of the molecule is C[N+]1(CCCCCCCCC[N+]23CCC(CC2)C(Cc2ccccc2)C3)CCCC1.[I-].[I-]. The van der Waals surface area contributed by atoms with Crippen LogP contribution in [-0.4, -0.2) is 61.8 Å². The Kier molecular flexibility index (Phi) is 12.8. The zero-order valence-electron chi connectivity index (χ0n) is 20.6. The smallest absolute Gasteiger partial charge is 0.0821 e. The molecule has 0 aliphatic carbocycles. The minimum absolute atomic E-state index is 0. The number of nitrogens with zero attached hydrogens (tertiary/aromatic N) is 2. The van der Waals surface area contributed by atoms with Crippen molar-refractivity contribution in [3.63, 3.8) is 0 Å². The first kappa shape index (κ1) is 28.8. The highest BCUT2D eigenvalue weighted by Crippen LogP contribution is 2.39. The monoisotopic (exact) mass is 666 g/mol. The third-order valence-corrected chi connectivity index (χ3v) is 9.05. The minimum Gasteiger partial charge on any atom is -1.00 e. The summed E-state index contributed by atoms with van der Waals surface area (Å²) in [4.78, 5) is 0. The molecule has 0 spiro atoms. The second-order valence-electron chi connectivity index (χ2n) is 11.5. The average Bonchev–Trinajstić information content (AvgIpc) is 3.20. The van der Waals surface area contributed by atoms with E-state index in [1.165, 1.54) is 132 Å². The van der Waals surface area contributed by atoms with Crippen molar-refractivity contribution in [2.24, 2.45) is 11.8 Å². The molecule has 1 aromatic rings. The average molecular weight is 667 g/mol. The molecule has 0 aromatic heterocycles. The number of quaternary nitrogens is 2. The van der Waals surface area contributed by atoms with Crippen LogP contribution in [0, 0.1) is 11.8 Å². The fraction of sp³-hybridized carbons (Fsp3) is 0.786. The predicted molar refractivity (Wildman–Crippen MR) is 128 cm³/mol. The van der Waals surface area contributed by atoms with Crippen molar-refractivity contribution < 1.29 is 56.9 Å². The van der Waals surface area contributed by atoms with Gasteiger partial charge >= 0.3 is 0 Å². The minimum atomic E-state index is 0. The van der Waals surface area contributed by atoms with E-state index in [-0.39, 0.29) is 48.0 Å². The van der Waals surface area contributed by atoms with Crippen molar-refractivity contribution in [2.45, 2.75) is 77.0 Å². The van der Waals surface area contributed by atoms with E-state index in [0.717, 1.165) is 11.8 Å². The van der Waals surface area contributed by atoms with Crippen LogP contribution in [-0.2, 0) is 6.42 Å². The molecule has 32 heavy (non-hydrogen) atoms. The first-order valence-corrected chi connectivity index (χ1v) is 13.4. The van der Waals surface area contributed by atoms with Crippen molar-refractivity contribution in [3.8, 4) is 0 Å². The summed E-state index contributed by atoms with van der Waals surface area (Å²) < 4.78 is 2.83. The fourth-order valence-electron chi connectivity index (χ4n) is 7.05. The van der Waals surface area contributed by atoms with Crippen LogP contribution >= 0.6 is 0 Å². The number of hydrogen-bond donors (Lipinski definition) is 0. The third kappa shape index (κ3) is 8.37. The predicted octanol–water partition coefficient (Wildman–Crippen LogP) is 0.0648. The van der Waals surface area contributed by atoms with Crippen molar-refractivity contribution in [1.82, 2.24) is 0 Å². The Morgan fingerprint density at radius 2 is 1.28 bits per heavy atom. The van der Waals surface area contributed by atoms with Crippen LogP contribution in [0.2, 0.25) is 0 Å². The molecule has 2 nitrogen and oxygen atoms in total. The highest BCUT2D eigenvalue weighted by atomic mass is 127. The number of piperidine rings is 3. The standard InChI is InChI=1S/C28H48N2.2HI/c1-29(19-12-13-20-29)18-10-5-3-2-4-6-11-21-30-22-16-27(17-23-30)28(25-30)24-26-14-8-7-9-15-26;;/h7-9,14-15,27-28H,2-6,10-13,16-25H2,1H3;2*1H/q+2;;/p-2. The van der Waals surface area contributed by atoms with Gasteiger partial charge in [-0.1, -0.05) is 49.6 Å². The molecule has 4 fully saturated rings. The van der Waals surface area contributed by atoms with Gasteiger partial charge in [0.25, 0.3) is 0 Å². The maximum Gasteiger partial charge on any atom is 0.0821 e. The van der Waals surface area contributed by atoms with Crippen LogP contribution in [0.4, 0.5) is 0 Å². The number of benzene rings is 1. The molecule has 4 aliphatic rings. The first-order valence-electron chi connectivity index (χ1n) is 13.4. The fourth-order valence-corrected chi connectivity index (χ4v) is 7.05. The van der Waals surface area contributed by atoms with Gasteiger partial charge in [-0.05, 0) is 43.6 Å². The second-order valence-corrected chi connectivity index (χ2v) is 11.5. The first-order chi connectivity index (χ1) is 14.7. The normalized spacial score (nSPS) is 28.2. The van der Waals surface area contributed by atoms with Gasteiger partial charge in [-0.2, -0.15) is 0 Å². The van der Waals surface area contributed by atoms with Crippen LogP contribution in [0.5, 0.6) is 0 Å². The van der Waals surface area contributed by atoms with Crippen LogP contribution in [0.3, 0.4) is 0 Å². The number of fused-ring (bicyclic) bond motifs is 3. The lowest BCUT2D eigenvalue weighted by Crippen LogP contribution is -3.00. The maximum absolute atomic E-state index is 2.48. The van der Waals surface area contributed by atoms with E-state index in [1.807, 2.05) is 0 Å². The van der Waals surface area contributed by atoms with E-state index in [2.05, 4.69) is 37.4 Å². The topological polar surface area (TPSA) is 0 Å². The Morgan fingerprint density at radius 1 is 0.719 bits per heavy atom. The maximum atomic E-state index is 2.48. The summed E-state index contributed by atoms with van der Waals surface area (Å²) in [5.41, 5.74) is 1.56. The van der Waals surface area contributed by atoms with E-state index in [9.17, 15) is 0 Å². The van der Waals surface area contributed by atoms with Gasteiger partial charge in [-0.15, -0.1) is 0 Å². The lowest BCUT2D eigenvalue weighted by Gasteiger charge is -2.53. The number of rotatable bonds is 12. The Morgan fingerprint density at radius 3 is 1.91 bits per heavy atom. The summed E-state index contributed by atoms with van der Waals surface area (Å²) in [6.07, 6.45) is 17.5. The molecule has 4 saturated heterocycles. The zero-order valence-corrected chi connectivity index (χ0v) is 24.9. The Labute approximate surface area is 233 Å². The van der Waals surface area contributed by atoms with E-state index in [4.69, 9.17) is 0 Å². The number of likely N-dealkylation sites (tertiary alicyclic amines) is 1. The lowest BCUT2D eigenvalue weighted by atomic mass is 9.74. The molecular formula is C28H48I2N2. The van der Waals surface area contributed by atoms with Gasteiger partial charge in [0.1, 0.15) is 0 Å². The third-order valence-electron chi connectivity index (χ3n) is 9.05. The van der Waals surface area contributed by atoms with Gasteiger partial charge < -0.3 is 56.9 Å². The van der Waals surface area contributed by atoms with Gasteiger partial charge in [0.05, 0.1) is 52.9 Å². The molecule has 1 atom stereocenters. The summed E-state index contributed by atoms with van der Waals surface area (Å²) in [7, 11) is 2.48. The number of hydrogen-bond acceptors (Lipinski definition) is 0. The number of unbranched alkanes of at least 4 members (excludes halogenated alkanes) is 6. The molecule has 4 heteroatoms. The van der Waals surface area contributed by atoms with Gasteiger partial charge in [-0.3, -0.25) is 0 Å². The Hall–Kier alpha value is 0.600. The molecule has 0 radical (unpaired) electrons. The molecule has 1 aromatic carbocycles. The number of halogens is 2. The molecule has 0 amide bonds. The van der Waals surface area contributed by atoms with Gasteiger partial charge in [0.15, 0.2) is 0 Å². The lowest BCUT2D eigenvalue weighted by molar-refractivity contribution is -0.947. The zero-order chi connectivity index (χ0) is 20.7. The summed E-state index contributed by atoms with van der Waals surface area (Å²) in [5, 5.41) is 0. The highest BCUT2D eigenvalue weighted by Gasteiger charge is 2.45. The molecule has 184 valence electrons. The van der Waals surface area contributed by atoms with E-state index in [0.29, 0.717) is 0 Å². The molecule has 4 heterocycles. The van der Waals surface area contributed by atoms with Crippen molar-refractivity contribution in [2.75, 3.05) is 52.9 Å². The van der Waals surface area contributed by atoms with Crippen LogP contribution in [0.15, 0.2) is 30.3 Å². The van der Waals surface area contributed by atoms with Crippen molar-refractivity contribution in [1.29, 1.82) is 0 Å². The summed E-state index contributed by atoms with van der Waals surface area (Å²) >= 11 is 0. The second kappa shape index (κ2) is 14.2. The van der Waals surface area contributed by atoms with E-state index < -0.39 is 0 Å². The molecule has 1 unspecified atom stereocenters. The highest BCUT2D eigenvalue weighted by molar-refractivity contribution is 5.15. The quantitative estimate of drug-likeness (QED) is 0.169. The van der Waals surface area contributed by atoms with Gasteiger partial charge in [0.2, 0.25) is 0 Å². The summed E-state index contributed by atoms with van der Waals surface area (Å²) in [5.74, 6) is 1.95. The van der Waals surface area contributed by atoms with Crippen molar-refractivity contribution >= 4 is 0 Å². The summed E-state index contributed by atoms with van der Waals surface area (Å²) in [6.45, 7) is 10.2. The Balaban J connectivity index is 0.00000181. The van der Waals surface area contributed by atoms with E-state index in [1.54, 1.807) is 5.56 Å². The molecular weight excluding hydrogens is 618 g/mol. The Bertz CT molecular complexity index is 622. The molecule has 5 rings (SSSR count). The van der Waals surface area contributed by atoms with Gasteiger partial charge in [-0.25, -0.2) is 0 Å². The van der Waals surface area contributed by atoms with Crippen molar-refractivity contribution in [3.05, 3.63) is 35.9 Å². The molecule has 4 aliphatic heterocycles. The van der Waals surface area contributed by atoms with Gasteiger partial charge in [0, 0.05) is 31.6 Å². The molecule has 0 N–H and O–H groups in total. The summed E-state index contributed by atoms with van der Waals surface area (Å²) in [6, 6.07) is 11.3. The van der Waals surface area contributed by atoms with Crippen LogP contribution < -0.4 is 48.0 Å².